The van der Waals surface area contributed by atoms with Crippen molar-refractivity contribution in [3.63, 3.8) is 0 Å². The molecule has 1 heterocycles. The molecule has 0 aliphatic heterocycles. The standard InChI is InChI=1S/C13H19N3O4/c1-9(12(17)15-6-7-19-2)16-10-4-5-14-11(8-10)13(18)20-3/h4-5,8-9H,6-7H2,1-3H3,(H,14,16)(H,15,17). The number of hydrogen-bond donors (Lipinski definition) is 2. The zero-order chi connectivity index (χ0) is 15.0. The van der Waals surface area contributed by atoms with Gasteiger partial charge in [0, 0.05) is 25.5 Å². The summed E-state index contributed by atoms with van der Waals surface area (Å²) in [6, 6.07) is 2.76. The number of nitrogens with one attached hydrogen (secondary N) is 2. The first-order valence-electron chi connectivity index (χ1n) is 6.16. The van der Waals surface area contributed by atoms with E-state index in [2.05, 4.69) is 20.4 Å². The summed E-state index contributed by atoms with van der Waals surface area (Å²) < 4.78 is 9.44. The topological polar surface area (TPSA) is 89.5 Å². The van der Waals surface area contributed by atoms with Crippen LogP contribution in [0.1, 0.15) is 17.4 Å². The molecule has 1 aromatic rings. The highest BCUT2D eigenvalue weighted by atomic mass is 16.5. The number of esters is 1. The Kier molecular flexibility index (Phi) is 6.45. The van der Waals surface area contributed by atoms with Crippen molar-refractivity contribution in [1.82, 2.24) is 10.3 Å². The van der Waals surface area contributed by atoms with Crippen molar-refractivity contribution >= 4 is 17.6 Å². The number of ether oxygens (including phenoxy) is 2. The number of carbonyl (C=O) groups is 2. The van der Waals surface area contributed by atoms with Crippen molar-refractivity contribution in [2.24, 2.45) is 0 Å². The molecule has 1 rings (SSSR count). The van der Waals surface area contributed by atoms with E-state index < -0.39 is 12.0 Å². The lowest BCUT2D eigenvalue weighted by Crippen LogP contribution is -2.39. The monoisotopic (exact) mass is 281 g/mol. The summed E-state index contributed by atoms with van der Waals surface area (Å²) >= 11 is 0. The smallest absolute Gasteiger partial charge is 0.356 e. The van der Waals surface area contributed by atoms with Gasteiger partial charge in [0.05, 0.1) is 13.7 Å². The molecule has 1 unspecified atom stereocenters. The van der Waals surface area contributed by atoms with Gasteiger partial charge in [-0.15, -0.1) is 0 Å². The molecular weight excluding hydrogens is 262 g/mol. The van der Waals surface area contributed by atoms with Crippen LogP contribution in [0.3, 0.4) is 0 Å². The number of hydrogen-bond acceptors (Lipinski definition) is 6. The number of methoxy groups -OCH3 is 2. The molecule has 2 N–H and O–H groups in total. The Hall–Kier alpha value is -2.15. The van der Waals surface area contributed by atoms with E-state index in [0.29, 0.717) is 18.8 Å². The van der Waals surface area contributed by atoms with Crippen LogP contribution in [0.4, 0.5) is 5.69 Å². The molecule has 1 aromatic heterocycles. The second-order valence-electron chi connectivity index (χ2n) is 4.07. The second kappa shape index (κ2) is 8.11. The minimum Gasteiger partial charge on any atom is -0.464 e. The third-order valence-electron chi connectivity index (χ3n) is 2.54. The Morgan fingerprint density at radius 2 is 2.15 bits per heavy atom. The van der Waals surface area contributed by atoms with Crippen LogP contribution < -0.4 is 10.6 Å². The van der Waals surface area contributed by atoms with Crippen molar-refractivity contribution in [1.29, 1.82) is 0 Å². The fraction of sp³-hybridized carbons (Fsp3) is 0.462. The Labute approximate surface area is 117 Å². The molecule has 20 heavy (non-hydrogen) atoms. The lowest BCUT2D eigenvalue weighted by molar-refractivity contribution is -0.121. The molecule has 0 fully saturated rings. The summed E-state index contributed by atoms with van der Waals surface area (Å²) in [4.78, 5) is 27.0. The Bertz CT molecular complexity index is 465. The van der Waals surface area contributed by atoms with E-state index in [9.17, 15) is 9.59 Å². The third kappa shape index (κ3) is 4.85. The summed E-state index contributed by atoms with van der Waals surface area (Å²) in [7, 11) is 2.86. The maximum absolute atomic E-state index is 11.8. The molecule has 0 aliphatic rings. The van der Waals surface area contributed by atoms with Crippen LogP contribution in [0.15, 0.2) is 18.3 Å². The predicted molar refractivity (Wildman–Crippen MR) is 73.5 cm³/mol. The van der Waals surface area contributed by atoms with Crippen molar-refractivity contribution in [2.45, 2.75) is 13.0 Å². The molecule has 0 radical (unpaired) electrons. The molecule has 0 aromatic carbocycles. The van der Waals surface area contributed by atoms with Crippen molar-refractivity contribution in [2.75, 3.05) is 32.7 Å². The average Bonchev–Trinajstić information content (AvgIpc) is 2.46. The fourth-order valence-corrected chi connectivity index (χ4v) is 1.48. The Morgan fingerprint density at radius 3 is 2.80 bits per heavy atom. The molecule has 0 bridgehead atoms. The lowest BCUT2D eigenvalue weighted by Gasteiger charge is -2.15. The van der Waals surface area contributed by atoms with Crippen LogP contribution in [0.25, 0.3) is 0 Å². The number of aromatic nitrogens is 1. The van der Waals surface area contributed by atoms with E-state index in [4.69, 9.17) is 4.74 Å². The lowest BCUT2D eigenvalue weighted by atomic mass is 10.2. The van der Waals surface area contributed by atoms with Crippen molar-refractivity contribution in [3.8, 4) is 0 Å². The molecule has 7 nitrogen and oxygen atoms in total. The Morgan fingerprint density at radius 1 is 1.40 bits per heavy atom. The Balaban J connectivity index is 2.59. The van der Waals surface area contributed by atoms with Crippen LogP contribution >= 0.6 is 0 Å². The quantitative estimate of drug-likeness (QED) is 0.556. The number of rotatable bonds is 7. The molecule has 0 aliphatic carbocycles. The van der Waals surface area contributed by atoms with Gasteiger partial charge in [-0.05, 0) is 19.1 Å². The molecule has 110 valence electrons. The number of amides is 1. The average molecular weight is 281 g/mol. The van der Waals surface area contributed by atoms with Crippen LogP contribution in [-0.4, -0.2) is 50.3 Å². The van der Waals surface area contributed by atoms with Gasteiger partial charge < -0.3 is 20.1 Å². The van der Waals surface area contributed by atoms with Gasteiger partial charge in [0.15, 0.2) is 0 Å². The zero-order valence-corrected chi connectivity index (χ0v) is 11.8. The predicted octanol–water partition coefficient (Wildman–Crippen LogP) is 0.431. The molecule has 7 heteroatoms. The van der Waals surface area contributed by atoms with E-state index in [-0.39, 0.29) is 11.6 Å². The van der Waals surface area contributed by atoms with E-state index in [1.807, 2.05) is 0 Å². The van der Waals surface area contributed by atoms with E-state index in [0.717, 1.165) is 0 Å². The molecule has 1 atom stereocenters. The fourth-order valence-electron chi connectivity index (χ4n) is 1.48. The highest BCUT2D eigenvalue weighted by Gasteiger charge is 2.13. The van der Waals surface area contributed by atoms with Gasteiger partial charge in [-0.2, -0.15) is 0 Å². The maximum Gasteiger partial charge on any atom is 0.356 e. The number of carbonyl (C=O) groups excluding carboxylic acids is 2. The first-order chi connectivity index (χ1) is 9.58. The molecular formula is C13H19N3O4. The molecule has 0 spiro atoms. The third-order valence-corrected chi connectivity index (χ3v) is 2.54. The van der Waals surface area contributed by atoms with Gasteiger partial charge in [-0.3, -0.25) is 4.79 Å². The molecule has 0 saturated heterocycles. The highest BCUT2D eigenvalue weighted by molar-refractivity contribution is 5.89. The second-order valence-corrected chi connectivity index (χ2v) is 4.07. The highest BCUT2D eigenvalue weighted by Crippen LogP contribution is 2.10. The minimum atomic E-state index is -0.522. The largest absolute Gasteiger partial charge is 0.464 e. The van der Waals surface area contributed by atoms with Crippen molar-refractivity contribution in [3.05, 3.63) is 24.0 Å². The van der Waals surface area contributed by atoms with Crippen LogP contribution in [-0.2, 0) is 14.3 Å². The van der Waals surface area contributed by atoms with E-state index in [1.165, 1.54) is 19.4 Å². The van der Waals surface area contributed by atoms with Gasteiger partial charge in [-0.25, -0.2) is 9.78 Å². The zero-order valence-electron chi connectivity index (χ0n) is 11.8. The number of nitrogens with zero attached hydrogens (tertiary/aromatic N) is 1. The number of anilines is 1. The summed E-state index contributed by atoms with van der Waals surface area (Å²) in [6.07, 6.45) is 1.48. The maximum atomic E-state index is 11.8. The summed E-state index contributed by atoms with van der Waals surface area (Å²) in [5, 5.41) is 5.71. The first-order valence-corrected chi connectivity index (χ1v) is 6.16. The van der Waals surface area contributed by atoms with Gasteiger partial charge in [-0.1, -0.05) is 0 Å². The van der Waals surface area contributed by atoms with Gasteiger partial charge in [0.2, 0.25) is 5.91 Å². The first kappa shape index (κ1) is 15.9. The summed E-state index contributed by atoms with van der Waals surface area (Å²) in [5.74, 6) is -0.677. The number of pyridine rings is 1. The van der Waals surface area contributed by atoms with Gasteiger partial charge in [0.1, 0.15) is 11.7 Å². The van der Waals surface area contributed by atoms with Crippen LogP contribution in [0, 0.1) is 0 Å². The van der Waals surface area contributed by atoms with Gasteiger partial charge >= 0.3 is 5.97 Å². The molecule has 1 amide bonds. The summed E-state index contributed by atoms with van der Waals surface area (Å²) in [6.45, 7) is 2.63. The molecule has 0 saturated carbocycles. The van der Waals surface area contributed by atoms with Crippen LogP contribution in [0.5, 0.6) is 0 Å². The minimum absolute atomic E-state index is 0.154. The van der Waals surface area contributed by atoms with Crippen molar-refractivity contribution < 1.29 is 19.1 Å². The summed E-state index contributed by atoms with van der Waals surface area (Å²) in [5.41, 5.74) is 0.805. The van der Waals surface area contributed by atoms with E-state index in [1.54, 1.807) is 20.1 Å². The van der Waals surface area contributed by atoms with Crippen LogP contribution in [0.2, 0.25) is 0 Å². The SMILES string of the molecule is COCCNC(=O)C(C)Nc1ccnc(C(=O)OC)c1. The normalized spacial score (nSPS) is 11.6. The van der Waals surface area contributed by atoms with E-state index >= 15 is 0 Å². The van der Waals surface area contributed by atoms with Gasteiger partial charge in [0.25, 0.3) is 0 Å².